The molecule has 0 fully saturated rings. The summed E-state index contributed by atoms with van der Waals surface area (Å²) in [6.07, 6.45) is 3.89. The first-order valence-corrected chi connectivity index (χ1v) is 9.64. The van der Waals surface area contributed by atoms with Crippen molar-refractivity contribution in [1.29, 1.82) is 0 Å². The van der Waals surface area contributed by atoms with Gasteiger partial charge in [0.15, 0.2) is 0 Å². The molecule has 0 bridgehead atoms. The Labute approximate surface area is 162 Å². The molecule has 1 aliphatic heterocycles. The van der Waals surface area contributed by atoms with Gasteiger partial charge >= 0.3 is 0 Å². The Hall–Kier alpha value is -2.96. The third kappa shape index (κ3) is 3.44. The van der Waals surface area contributed by atoms with Crippen LogP contribution in [0.3, 0.4) is 0 Å². The molecule has 1 amide bonds. The fraction of sp³-hybridized carbons (Fsp3) is 0.381. The van der Waals surface area contributed by atoms with Crippen LogP contribution in [-0.4, -0.2) is 20.0 Å². The molecule has 7 heteroatoms. The highest BCUT2D eigenvalue weighted by molar-refractivity contribution is 5.81. The van der Waals surface area contributed by atoms with Crippen molar-refractivity contribution in [3.63, 3.8) is 0 Å². The van der Waals surface area contributed by atoms with Crippen molar-refractivity contribution in [2.24, 2.45) is 0 Å². The molecule has 0 radical (unpaired) electrons. The summed E-state index contributed by atoms with van der Waals surface area (Å²) in [6.45, 7) is 2.64. The largest absolute Gasteiger partial charge is 0.350 e. The van der Waals surface area contributed by atoms with E-state index in [-0.39, 0.29) is 30.4 Å². The molecule has 0 unspecified atom stereocenters. The highest BCUT2D eigenvalue weighted by Crippen LogP contribution is 2.18. The highest BCUT2D eigenvalue weighted by Gasteiger charge is 2.19. The van der Waals surface area contributed by atoms with Crippen LogP contribution < -0.4 is 10.9 Å². The Balaban J connectivity index is 1.61. The lowest BCUT2D eigenvalue weighted by Gasteiger charge is -2.12. The predicted molar refractivity (Wildman–Crippen MR) is 105 cm³/mol. The molecule has 3 aromatic rings. The van der Waals surface area contributed by atoms with E-state index in [0.29, 0.717) is 23.1 Å². The van der Waals surface area contributed by atoms with E-state index in [4.69, 9.17) is 4.98 Å². The number of carbonyl (C=O) groups is 1. The Morgan fingerprint density at radius 3 is 2.89 bits per heavy atom. The van der Waals surface area contributed by atoms with E-state index in [0.717, 1.165) is 37.2 Å². The number of amides is 1. The second kappa shape index (κ2) is 7.58. The summed E-state index contributed by atoms with van der Waals surface area (Å²) in [6, 6.07) is 8.19. The Bertz CT molecular complexity index is 1100. The molecule has 0 spiro atoms. The maximum Gasteiger partial charge on any atom is 0.278 e. The molecule has 146 valence electrons. The first-order valence-electron chi connectivity index (χ1n) is 9.64. The van der Waals surface area contributed by atoms with Gasteiger partial charge in [0.05, 0.1) is 5.52 Å². The average molecular weight is 382 g/mol. The van der Waals surface area contributed by atoms with Crippen LogP contribution in [0.25, 0.3) is 11.0 Å². The van der Waals surface area contributed by atoms with Gasteiger partial charge in [-0.1, -0.05) is 24.6 Å². The molecule has 1 aliphatic rings. The van der Waals surface area contributed by atoms with Crippen molar-refractivity contribution in [2.75, 3.05) is 0 Å². The molecule has 0 saturated carbocycles. The monoisotopic (exact) mass is 382 g/mol. The van der Waals surface area contributed by atoms with Crippen LogP contribution in [0.1, 0.15) is 36.3 Å². The summed E-state index contributed by atoms with van der Waals surface area (Å²) in [5.74, 6) is 0.204. The fourth-order valence-electron chi connectivity index (χ4n) is 3.80. The van der Waals surface area contributed by atoms with Gasteiger partial charge in [-0.3, -0.25) is 14.2 Å². The van der Waals surface area contributed by atoms with Gasteiger partial charge in [0, 0.05) is 30.8 Å². The minimum atomic E-state index is -0.351. The van der Waals surface area contributed by atoms with Gasteiger partial charge in [0.2, 0.25) is 5.91 Å². The highest BCUT2D eigenvalue weighted by atomic mass is 19.1. The van der Waals surface area contributed by atoms with Crippen LogP contribution in [-0.2, 0) is 30.8 Å². The standard InChI is InChI=1S/C21H23FN4O2/c1-14-11-17-20(21(28)25-10-6-2-3-9-18(25)24-17)26(14)13-19(27)23-12-15-7-4-5-8-16(15)22/h4-5,7-8,11H,2-3,6,9-10,12-13H2,1H3,(H,23,27). The molecule has 0 aliphatic carbocycles. The number of halogens is 1. The van der Waals surface area contributed by atoms with Crippen LogP contribution in [0.4, 0.5) is 4.39 Å². The van der Waals surface area contributed by atoms with Crippen LogP contribution in [0, 0.1) is 12.7 Å². The molecule has 0 atom stereocenters. The topological polar surface area (TPSA) is 68.9 Å². The zero-order valence-corrected chi connectivity index (χ0v) is 15.9. The first kappa shape index (κ1) is 18.4. The second-order valence-corrected chi connectivity index (χ2v) is 7.27. The molecule has 2 aromatic heterocycles. The number of carbonyl (C=O) groups excluding carboxylic acids is 1. The van der Waals surface area contributed by atoms with Gasteiger partial charge in [-0.25, -0.2) is 9.37 Å². The van der Waals surface area contributed by atoms with Crippen molar-refractivity contribution in [3.8, 4) is 0 Å². The van der Waals surface area contributed by atoms with Gasteiger partial charge in [-0.15, -0.1) is 0 Å². The molecule has 3 heterocycles. The number of aryl methyl sites for hydroxylation is 2. The van der Waals surface area contributed by atoms with Gasteiger partial charge in [0.1, 0.15) is 23.7 Å². The number of hydrogen-bond donors (Lipinski definition) is 1. The molecule has 28 heavy (non-hydrogen) atoms. The van der Waals surface area contributed by atoms with Crippen molar-refractivity contribution in [1.82, 2.24) is 19.4 Å². The number of rotatable bonds is 4. The number of nitrogens with zero attached hydrogens (tertiary/aromatic N) is 3. The van der Waals surface area contributed by atoms with Crippen molar-refractivity contribution >= 4 is 16.9 Å². The van der Waals surface area contributed by atoms with E-state index in [9.17, 15) is 14.0 Å². The SMILES string of the molecule is Cc1cc2nc3n(c(=O)c2n1CC(=O)NCc1ccccc1F)CCCCC3. The molecular formula is C21H23FN4O2. The van der Waals surface area contributed by atoms with Crippen LogP contribution in [0.5, 0.6) is 0 Å². The van der Waals surface area contributed by atoms with E-state index in [1.54, 1.807) is 27.3 Å². The molecular weight excluding hydrogens is 359 g/mol. The zero-order valence-electron chi connectivity index (χ0n) is 15.9. The Morgan fingerprint density at radius 1 is 1.25 bits per heavy atom. The van der Waals surface area contributed by atoms with Crippen molar-refractivity contribution < 1.29 is 9.18 Å². The van der Waals surface area contributed by atoms with E-state index in [2.05, 4.69) is 5.32 Å². The Morgan fingerprint density at radius 2 is 2.07 bits per heavy atom. The number of aromatic nitrogens is 3. The third-order valence-electron chi connectivity index (χ3n) is 5.31. The normalized spacial score (nSPS) is 13.9. The van der Waals surface area contributed by atoms with Crippen molar-refractivity contribution in [3.05, 3.63) is 63.6 Å². The molecule has 1 N–H and O–H groups in total. The van der Waals surface area contributed by atoms with E-state index < -0.39 is 0 Å². The van der Waals surface area contributed by atoms with Gasteiger partial charge in [0.25, 0.3) is 5.56 Å². The summed E-state index contributed by atoms with van der Waals surface area (Å²) in [5, 5.41) is 2.73. The number of benzene rings is 1. The summed E-state index contributed by atoms with van der Waals surface area (Å²) in [5.41, 5.74) is 2.25. The van der Waals surface area contributed by atoms with Crippen molar-refractivity contribution in [2.45, 2.75) is 52.2 Å². The molecule has 0 saturated heterocycles. The predicted octanol–water partition coefficient (Wildman–Crippen LogP) is 2.69. The van der Waals surface area contributed by atoms with E-state index in [1.165, 1.54) is 6.07 Å². The Kier molecular flexibility index (Phi) is 4.98. The first-order chi connectivity index (χ1) is 13.5. The van der Waals surface area contributed by atoms with E-state index >= 15 is 0 Å². The third-order valence-corrected chi connectivity index (χ3v) is 5.31. The summed E-state index contributed by atoms with van der Waals surface area (Å²) in [7, 11) is 0. The smallest absolute Gasteiger partial charge is 0.278 e. The fourth-order valence-corrected chi connectivity index (χ4v) is 3.80. The molecule has 1 aromatic carbocycles. The molecule has 6 nitrogen and oxygen atoms in total. The molecule has 4 rings (SSSR count). The number of hydrogen-bond acceptors (Lipinski definition) is 3. The van der Waals surface area contributed by atoms with E-state index in [1.807, 2.05) is 13.0 Å². The second-order valence-electron chi connectivity index (χ2n) is 7.27. The number of fused-ring (bicyclic) bond motifs is 2. The maximum atomic E-state index is 13.7. The van der Waals surface area contributed by atoms with Gasteiger partial charge in [-0.05, 0) is 31.9 Å². The maximum absolute atomic E-state index is 13.7. The lowest BCUT2D eigenvalue weighted by molar-refractivity contribution is -0.121. The minimum Gasteiger partial charge on any atom is -0.350 e. The van der Waals surface area contributed by atoms with Gasteiger partial charge < -0.3 is 9.88 Å². The van der Waals surface area contributed by atoms with Gasteiger partial charge in [-0.2, -0.15) is 0 Å². The van der Waals surface area contributed by atoms with Crippen LogP contribution in [0.2, 0.25) is 0 Å². The zero-order chi connectivity index (χ0) is 19.7. The summed E-state index contributed by atoms with van der Waals surface area (Å²) >= 11 is 0. The lowest BCUT2D eigenvalue weighted by Crippen LogP contribution is -2.30. The summed E-state index contributed by atoms with van der Waals surface area (Å²) < 4.78 is 17.2. The number of nitrogens with one attached hydrogen (secondary N) is 1. The quantitative estimate of drug-likeness (QED) is 0.754. The van der Waals surface area contributed by atoms with Crippen LogP contribution >= 0.6 is 0 Å². The summed E-state index contributed by atoms with van der Waals surface area (Å²) in [4.78, 5) is 30.2. The lowest BCUT2D eigenvalue weighted by atomic mass is 10.2. The van der Waals surface area contributed by atoms with Crippen LogP contribution in [0.15, 0.2) is 35.1 Å². The average Bonchev–Trinajstić information content (AvgIpc) is 2.83. The minimum absolute atomic E-state index is 0.0000522.